The maximum absolute atomic E-state index is 13.0. The van der Waals surface area contributed by atoms with Gasteiger partial charge in [-0.05, 0) is 42.7 Å². The molecule has 2 rings (SSSR count). The van der Waals surface area contributed by atoms with Crippen LogP contribution in [0.3, 0.4) is 0 Å². The lowest BCUT2D eigenvalue weighted by molar-refractivity contribution is -0.137. The van der Waals surface area contributed by atoms with Crippen LogP contribution in [0.2, 0.25) is 0 Å². The molecule has 0 saturated carbocycles. The molecule has 1 saturated heterocycles. The Labute approximate surface area is 137 Å². The van der Waals surface area contributed by atoms with E-state index in [0.29, 0.717) is 18.8 Å². The smallest absolute Gasteiger partial charge is 0.416 e. The summed E-state index contributed by atoms with van der Waals surface area (Å²) in [5.41, 5.74) is -0.0755. The summed E-state index contributed by atoms with van der Waals surface area (Å²) in [4.78, 5) is 11.2. The van der Waals surface area contributed by atoms with E-state index in [-0.39, 0.29) is 23.7 Å². The number of carbonyl (C=O) groups is 1. The Balaban J connectivity index is 2.38. The number of benzene rings is 1. The Morgan fingerprint density at radius 3 is 2.67 bits per heavy atom. The minimum atomic E-state index is -4.50. The summed E-state index contributed by atoms with van der Waals surface area (Å²) in [6.45, 7) is 4.32. The number of aliphatic carboxylic acids is 1. The summed E-state index contributed by atoms with van der Waals surface area (Å²) in [5, 5.41) is 9.14. The largest absolute Gasteiger partial charge is 0.478 e. The molecule has 2 atom stereocenters. The number of ether oxygens (including phenoxy) is 2. The molecule has 0 unspecified atom stereocenters. The highest BCUT2D eigenvalue weighted by atomic mass is 19.4. The third-order valence-electron chi connectivity index (χ3n) is 3.77. The molecule has 1 aromatic carbocycles. The zero-order chi connectivity index (χ0) is 17.9. The van der Waals surface area contributed by atoms with Crippen molar-refractivity contribution in [1.82, 2.24) is 0 Å². The van der Waals surface area contributed by atoms with Gasteiger partial charge in [-0.15, -0.1) is 0 Å². The summed E-state index contributed by atoms with van der Waals surface area (Å²) in [6, 6.07) is 3.27. The van der Waals surface area contributed by atoms with Crippen LogP contribution in [0.25, 0.3) is 6.08 Å². The normalized spacial score (nSPS) is 19.2. The molecule has 1 aromatic rings. The second kappa shape index (κ2) is 7.36. The fourth-order valence-electron chi connectivity index (χ4n) is 2.25. The number of carboxylic acid groups (broad SMARTS) is 1. The van der Waals surface area contributed by atoms with Gasteiger partial charge in [0.2, 0.25) is 0 Å². The first-order valence-corrected chi connectivity index (χ1v) is 7.60. The average molecular weight is 344 g/mol. The summed E-state index contributed by atoms with van der Waals surface area (Å²) in [7, 11) is 0. The molecule has 1 aliphatic rings. The first kappa shape index (κ1) is 18.5. The van der Waals surface area contributed by atoms with Crippen LogP contribution in [0, 0.1) is 0 Å². The monoisotopic (exact) mass is 344 g/mol. The highest BCUT2D eigenvalue weighted by molar-refractivity contribution is 5.92. The van der Waals surface area contributed by atoms with Crippen molar-refractivity contribution in [3.05, 3.63) is 40.5 Å². The van der Waals surface area contributed by atoms with Gasteiger partial charge in [0.1, 0.15) is 6.10 Å². The van der Waals surface area contributed by atoms with Gasteiger partial charge in [-0.3, -0.25) is 0 Å². The lowest BCUT2D eigenvalue weighted by Gasteiger charge is -2.18. The van der Waals surface area contributed by atoms with Gasteiger partial charge in [-0.1, -0.05) is 13.0 Å². The number of halogens is 3. The molecule has 24 heavy (non-hydrogen) atoms. The van der Waals surface area contributed by atoms with E-state index >= 15 is 0 Å². The standard InChI is InChI=1S/C17H19F3O4/c1-3-11(16(21)22)6-12-7-13(17(18,19)20)4-5-15(12)10(2)23-8-14-9-24-14/h4-7,10,14H,3,8-9H2,1-2H3,(H,21,22)/t10-,14+/m1/s1. The molecule has 132 valence electrons. The number of rotatable bonds is 7. The van der Waals surface area contributed by atoms with E-state index in [4.69, 9.17) is 14.6 Å². The Morgan fingerprint density at radius 2 is 2.17 bits per heavy atom. The number of alkyl halides is 3. The van der Waals surface area contributed by atoms with Gasteiger partial charge >= 0.3 is 12.1 Å². The third kappa shape index (κ3) is 4.82. The molecule has 0 bridgehead atoms. The van der Waals surface area contributed by atoms with Crippen molar-refractivity contribution in [2.45, 2.75) is 38.7 Å². The number of hydrogen-bond donors (Lipinski definition) is 1. The van der Waals surface area contributed by atoms with Crippen molar-refractivity contribution in [2.75, 3.05) is 13.2 Å². The molecule has 0 radical (unpaired) electrons. The van der Waals surface area contributed by atoms with Crippen molar-refractivity contribution in [3.63, 3.8) is 0 Å². The van der Waals surface area contributed by atoms with E-state index in [2.05, 4.69) is 0 Å². The lowest BCUT2D eigenvalue weighted by Crippen LogP contribution is -2.10. The van der Waals surface area contributed by atoms with Crippen LogP contribution >= 0.6 is 0 Å². The first-order valence-electron chi connectivity index (χ1n) is 7.60. The minimum Gasteiger partial charge on any atom is -0.478 e. The van der Waals surface area contributed by atoms with Crippen LogP contribution in [0.15, 0.2) is 23.8 Å². The second-order valence-corrected chi connectivity index (χ2v) is 5.60. The fraction of sp³-hybridized carbons (Fsp3) is 0.471. The Bertz CT molecular complexity index is 633. The van der Waals surface area contributed by atoms with Crippen molar-refractivity contribution in [2.24, 2.45) is 0 Å². The molecular formula is C17H19F3O4. The van der Waals surface area contributed by atoms with E-state index in [0.717, 1.165) is 12.1 Å². The second-order valence-electron chi connectivity index (χ2n) is 5.60. The van der Waals surface area contributed by atoms with E-state index in [1.165, 1.54) is 12.1 Å². The van der Waals surface area contributed by atoms with Gasteiger partial charge in [0.15, 0.2) is 0 Å². The van der Waals surface area contributed by atoms with Crippen LogP contribution in [0.5, 0.6) is 0 Å². The lowest BCUT2D eigenvalue weighted by atomic mass is 9.97. The maximum atomic E-state index is 13.0. The molecule has 1 N–H and O–H groups in total. The molecule has 1 heterocycles. The van der Waals surface area contributed by atoms with Crippen molar-refractivity contribution < 1.29 is 32.5 Å². The van der Waals surface area contributed by atoms with E-state index in [9.17, 15) is 18.0 Å². The quantitative estimate of drug-likeness (QED) is 0.599. The maximum Gasteiger partial charge on any atom is 0.416 e. The molecule has 4 nitrogen and oxygen atoms in total. The molecule has 7 heteroatoms. The fourth-order valence-corrected chi connectivity index (χ4v) is 2.25. The van der Waals surface area contributed by atoms with Crippen molar-refractivity contribution in [3.8, 4) is 0 Å². The van der Waals surface area contributed by atoms with Gasteiger partial charge in [0.05, 0.1) is 24.9 Å². The predicted octanol–water partition coefficient (Wildman–Crippen LogP) is 4.06. The molecule has 0 aliphatic carbocycles. The van der Waals surface area contributed by atoms with E-state index in [1.54, 1.807) is 13.8 Å². The summed E-state index contributed by atoms with van der Waals surface area (Å²) >= 11 is 0. The van der Waals surface area contributed by atoms with Gasteiger partial charge in [-0.2, -0.15) is 13.2 Å². The summed E-state index contributed by atoms with van der Waals surface area (Å²) < 4.78 is 49.5. The Kier molecular flexibility index (Phi) is 5.66. The van der Waals surface area contributed by atoms with Gasteiger partial charge in [0, 0.05) is 5.57 Å². The third-order valence-corrected chi connectivity index (χ3v) is 3.77. The highest BCUT2D eigenvalue weighted by Gasteiger charge is 2.31. The number of carboxylic acids is 1. The summed E-state index contributed by atoms with van der Waals surface area (Å²) in [5.74, 6) is -1.15. The van der Waals surface area contributed by atoms with Crippen LogP contribution in [-0.4, -0.2) is 30.4 Å². The van der Waals surface area contributed by atoms with Gasteiger partial charge < -0.3 is 14.6 Å². The molecule has 0 spiro atoms. The van der Waals surface area contributed by atoms with Gasteiger partial charge in [0.25, 0.3) is 0 Å². The molecule has 0 amide bonds. The topological polar surface area (TPSA) is 59.1 Å². The van der Waals surface area contributed by atoms with Crippen molar-refractivity contribution in [1.29, 1.82) is 0 Å². The van der Waals surface area contributed by atoms with Crippen LogP contribution in [0.4, 0.5) is 13.2 Å². The first-order chi connectivity index (χ1) is 11.2. The highest BCUT2D eigenvalue weighted by Crippen LogP contribution is 2.33. The number of epoxide rings is 1. The Hall–Kier alpha value is -1.86. The summed E-state index contributed by atoms with van der Waals surface area (Å²) in [6.07, 6.45) is -3.46. The minimum absolute atomic E-state index is 0.0334. The SMILES string of the molecule is CCC(=Cc1cc(C(F)(F)F)ccc1[C@@H](C)OC[C@H]1CO1)C(=O)O. The average Bonchev–Trinajstić information content (AvgIpc) is 3.33. The van der Waals surface area contributed by atoms with Crippen LogP contribution < -0.4 is 0 Å². The van der Waals surface area contributed by atoms with E-state index in [1.807, 2.05) is 0 Å². The van der Waals surface area contributed by atoms with Crippen LogP contribution in [0.1, 0.15) is 43.1 Å². The predicted molar refractivity (Wildman–Crippen MR) is 81.5 cm³/mol. The van der Waals surface area contributed by atoms with Crippen LogP contribution in [-0.2, 0) is 20.4 Å². The zero-order valence-corrected chi connectivity index (χ0v) is 13.4. The van der Waals surface area contributed by atoms with Crippen molar-refractivity contribution >= 4 is 12.0 Å². The molecule has 0 aromatic heterocycles. The molecule has 1 aliphatic heterocycles. The Morgan fingerprint density at radius 1 is 1.50 bits per heavy atom. The molecular weight excluding hydrogens is 325 g/mol. The zero-order valence-electron chi connectivity index (χ0n) is 13.4. The number of hydrogen-bond acceptors (Lipinski definition) is 3. The van der Waals surface area contributed by atoms with E-state index < -0.39 is 23.8 Å². The van der Waals surface area contributed by atoms with Gasteiger partial charge in [-0.25, -0.2) is 4.79 Å². The molecule has 1 fully saturated rings.